The quantitative estimate of drug-likeness (QED) is 0.673. The predicted octanol–water partition coefficient (Wildman–Crippen LogP) is 1.36. The van der Waals surface area contributed by atoms with Crippen LogP contribution in [0.15, 0.2) is 48.9 Å². The molecule has 1 amide bonds. The van der Waals surface area contributed by atoms with Gasteiger partial charge in [-0.25, -0.2) is 9.97 Å². The summed E-state index contributed by atoms with van der Waals surface area (Å²) in [5.74, 6) is 0.483. The molecule has 27 heavy (non-hydrogen) atoms. The van der Waals surface area contributed by atoms with E-state index in [0.717, 1.165) is 5.69 Å². The van der Waals surface area contributed by atoms with Crippen LogP contribution in [0.1, 0.15) is 16.9 Å². The highest BCUT2D eigenvalue weighted by Crippen LogP contribution is 2.24. The van der Waals surface area contributed by atoms with E-state index in [9.17, 15) is 4.79 Å². The van der Waals surface area contributed by atoms with Gasteiger partial charge in [0.1, 0.15) is 6.10 Å². The average Bonchev–Trinajstić information content (AvgIpc) is 3.39. The Hall–Kier alpha value is -3.49. The zero-order valence-electron chi connectivity index (χ0n) is 14.7. The molecule has 9 heteroatoms. The first kappa shape index (κ1) is 17.0. The highest BCUT2D eigenvalue weighted by molar-refractivity contribution is 5.92. The van der Waals surface area contributed by atoms with E-state index in [4.69, 9.17) is 9.47 Å². The Labute approximate surface area is 155 Å². The lowest BCUT2D eigenvalue weighted by molar-refractivity contribution is 0.0764. The third kappa shape index (κ3) is 3.57. The second-order valence-electron chi connectivity index (χ2n) is 6.01. The number of hydrogen-bond donors (Lipinski definition) is 0. The maximum atomic E-state index is 12.7. The van der Waals surface area contributed by atoms with E-state index in [0.29, 0.717) is 37.0 Å². The molecule has 1 aliphatic heterocycles. The summed E-state index contributed by atoms with van der Waals surface area (Å²) in [5.41, 5.74) is 1.10. The van der Waals surface area contributed by atoms with Gasteiger partial charge in [0.2, 0.25) is 0 Å². The van der Waals surface area contributed by atoms with Crippen LogP contribution in [0.4, 0.5) is 0 Å². The van der Waals surface area contributed by atoms with Crippen LogP contribution in [-0.2, 0) is 0 Å². The molecule has 1 aliphatic rings. The standard InChI is InChI=1S/C18H18N6O3/c1-26-16-17(20-9-8-19-16)27-14-7-10-23(12-14)18(25)15-11-21-24(22-15)13-5-3-2-4-6-13/h2-6,8-9,11,14H,7,10,12H2,1H3. The van der Waals surface area contributed by atoms with E-state index >= 15 is 0 Å². The molecule has 9 nitrogen and oxygen atoms in total. The fourth-order valence-electron chi connectivity index (χ4n) is 2.91. The lowest BCUT2D eigenvalue weighted by Crippen LogP contribution is -2.31. The minimum atomic E-state index is -0.177. The summed E-state index contributed by atoms with van der Waals surface area (Å²) in [4.78, 5) is 24.1. The number of methoxy groups -OCH3 is 1. The Bertz CT molecular complexity index is 930. The normalized spacial score (nSPS) is 16.3. The molecule has 1 atom stereocenters. The third-order valence-corrected chi connectivity index (χ3v) is 4.24. The molecular formula is C18H18N6O3. The number of nitrogens with zero attached hydrogens (tertiary/aromatic N) is 6. The second kappa shape index (κ2) is 7.40. The van der Waals surface area contributed by atoms with Crippen molar-refractivity contribution in [2.75, 3.05) is 20.2 Å². The smallest absolute Gasteiger partial charge is 0.278 e. The molecule has 3 heterocycles. The van der Waals surface area contributed by atoms with Crippen LogP contribution in [0.25, 0.3) is 5.69 Å². The van der Waals surface area contributed by atoms with Crippen molar-refractivity contribution in [3.8, 4) is 17.4 Å². The number of benzene rings is 1. The molecule has 1 unspecified atom stereocenters. The Morgan fingerprint density at radius 2 is 1.93 bits per heavy atom. The molecule has 4 rings (SSSR count). The highest BCUT2D eigenvalue weighted by Gasteiger charge is 2.30. The molecule has 0 spiro atoms. The van der Waals surface area contributed by atoms with Gasteiger partial charge in [-0.3, -0.25) is 4.79 Å². The molecule has 3 aromatic rings. The fourth-order valence-corrected chi connectivity index (χ4v) is 2.91. The van der Waals surface area contributed by atoms with Crippen LogP contribution in [0.2, 0.25) is 0 Å². The molecule has 2 aromatic heterocycles. The highest BCUT2D eigenvalue weighted by atomic mass is 16.5. The number of hydrogen-bond acceptors (Lipinski definition) is 7. The SMILES string of the molecule is COc1nccnc1OC1CCN(C(=O)c2cnn(-c3ccccc3)n2)C1. The molecule has 0 saturated carbocycles. The van der Waals surface area contributed by atoms with Gasteiger partial charge in [0.15, 0.2) is 5.69 Å². The van der Waals surface area contributed by atoms with Crippen molar-refractivity contribution in [2.45, 2.75) is 12.5 Å². The predicted molar refractivity (Wildman–Crippen MR) is 94.9 cm³/mol. The lowest BCUT2D eigenvalue weighted by atomic mass is 10.3. The number of likely N-dealkylation sites (tertiary alicyclic amines) is 1. The number of amides is 1. The lowest BCUT2D eigenvalue weighted by Gasteiger charge is -2.16. The summed E-state index contributed by atoms with van der Waals surface area (Å²) in [7, 11) is 1.51. The number of ether oxygens (including phenoxy) is 2. The van der Waals surface area contributed by atoms with Crippen LogP contribution >= 0.6 is 0 Å². The molecule has 138 valence electrons. The summed E-state index contributed by atoms with van der Waals surface area (Å²) in [6.07, 6.45) is 5.07. The van der Waals surface area contributed by atoms with Gasteiger partial charge in [0, 0.05) is 25.4 Å². The van der Waals surface area contributed by atoms with Gasteiger partial charge < -0.3 is 14.4 Å². The van der Waals surface area contributed by atoms with E-state index in [-0.39, 0.29) is 12.0 Å². The van der Waals surface area contributed by atoms with E-state index in [2.05, 4.69) is 20.2 Å². The van der Waals surface area contributed by atoms with Gasteiger partial charge >= 0.3 is 0 Å². The van der Waals surface area contributed by atoms with Crippen molar-refractivity contribution in [1.82, 2.24) is 29.9 Å². The van der Waals surface area contributed by atoms with Gasteiger partial charge in [-0.1, -0.05) is 18.2 Å². The van der Waals surface area contributed by atoms with Crippen molar-refractivity contribution < 1.29 is 14.3 Å². The fraction of sp³-hybridized carbons (Fsp3) is 0.278. The Morgan fingerprint density at radius 1 is 1.15 bits per heavy atom. The Morgan fingerprint density at radius 3 is 2.70 bits per heavy atom. The van der Waals surface area contributed by atoms with Crippen LogP contribution in [0, 0.1) is 0 Å². The third-order valence-electron chi connectivity index (χ3n) is 4.24. The Balaban J connectivity index is 1.42. The molecule has 0 aliphatic carbocycles. The van der Waals surface area contributed by atoms with Crippen LogP contribution in [-0.4, -0.2) is 62.1 Å². The molecule has 1 fully saturated rings. The van der Waals surface area contributed by atoms with Gasteiger partial charge in [-0.05, 0) is 12.1 Å². The molecule has 0 radical (unpaired) electrons. The minimum Gasteiger partial charge on any atom is -0.477 e. The summed E-state index contributed by atoms with van der Waals surface area (Å²) >= 11 is 0. The molecule has 0 N–H and O–H groups in total. The molecular weight excluding hydrogens is 348 g/mol. The van der Waals surface area contributed by atoms with Crippen molar-refractivity contribution in [3.05, 3.63) is 54.6 Å². The van der Waals surface area contributed by atoms with Crippen LogP contribution in [0.3, 0.4) is 0 Å². The van der Waals surface area contributed by atoms with Gasteiger partial charge in [-0.15, -0.1) is 5.10 Å². The summed E-state index contributed by atoms with van der Waals surface area (Å²) in [6, 6.07) is 9.45. The zero-order chi connectivity index (χ0) is 18.6. The molecule has 1 saturated heterocycles. The van der Waals surface area contributed by atoms with Crippen molar-refractivity contribution in [1.29, 1.82) is 0 Å². The van der Waals surface area contributed by atoms with Crippen molar-refractivity contribution in [2.24, 2.45) is 0 Å². The van der Waals surface area contributed by atoms with Crippen LogP contribution in [0.5, 0.6) is 11.8 Å². The maximum Gasteiger partial charge on any atom is 0.278 e. The first-order valence-corrected chi connectivity index (χ1v) is 8.53. The number of carbonyl (C=O) groups is 1. The van der Waals surface area contributed by atoms with Gasteiger partial charge in [0.05, 0.1) is 25.5 Å². The minimum absolute atomic E-state index is 0.172. The van der Waals surface area contributed by atoms with E-state index in [1.807, 2.05) is 30.3 Å². The first-order valence-electron chi connectivity index (χ1n) is 8.53. The monoisotopic (exact) mass is 366 g/mol. The summed E-state index contributed by atoms with van der Waals surface area (Å²) < 4.78 is 11.0. The Kier molecular flexibility index (Phi) is 4.65. The maximum absolute atomic E-state index is 12.7. The van der Waals surface area contributed by atoms with E-state index in [1.54, 1.807) is 4.90 Å². The van der Waals surface area contributed by atoms with E-state index < -0.39 is 0 Å². The second-order valence-corrected chi connectivity index (χ2v) is 6.01. The molecule has 0 bridgehead atoms. The van der Waals surface area contributed by atoms with Gasteiger partial charge in [0.25, 0.3) is 17.7 Å². The van der Waals surface area contributed by atoms with E-state index in [1.165, 1.54) is 30.5 Å². The summed E-state index contributed by atoms with van der Waals surface area (Å²) in [5, 5.41) is 8.47. The summed E-state index contributed by atoms with van der Waals surface area (Å²) in [6.45, 7) is 1.01. The number of para-hydroxylation sites is 1. The average molecular weight is 366 g/mol. The zero-order valence-corrected chi connectivity index (χ0v) is 14.7. The van der Waals surface area contributed by atoms with Gasteiger partial charge in [-0.2, -0.15) is 9.90 Å². The van der Waals surface area contributed by atoms with Crippen molar-refractivity contribution >= 4 is 5.91 Å². The van der Waals surface area contributed by atoms with Crippen molar-refractivity contribution in [3.63, 3.8) is 0 Å². The number of carbonyl (C=O) groups excluding carboxylic acids is 1. The van der Waals surface area contributed by atoms with Crippen LogP contribution < -0.4 is 9.47 Å². The topological polar surface area (TPSA) is 95.3 Å². The largest absolute Gasteiger partial charge is 0.477 e. The number of rotatable bonds is 5. The molecule has 1 aromatic carbocycles. The first-order chi connectivity index (χ1) is 13.2. The number of aromatic nitrogens is 5.